The quantitative estimate of drug-likeness (QED) is 0.563. The van der Waals surface area contributed by atoms with Crippen molar-refractivity contribution in [3.8, 4) is 0 Å². The fraction of sp³-hybridized carbons (Fsp3) is 0.846. The van der Waals surface area contributed by atoms with E-state index in [-0.39, 0.29) is 23.9 Å². The molecule has 5 heteroatoms. The minimum Gasteiger partial charge on any atom is -0.355 e. The third kappa shape index (κ3) is 11.4. The molecule has 0 aliphatic rings. The van der Waals surface area contributed by atoms with Crippen molar-refractivity contribution in [2.24, 2.45) is 0 Å². The average molecular weight is 257 g/mol. The average Bonchev–Trinajstić information content (AvgIpc) is 2.22. The van der Waals surface area contributed by atoms with Gasteiger partial charge in [0.1, 0.15) is 0 Å². The predicted octanol–water partition coefficient (Wildman–Crippen LogP) is 0.797. The number of carbonyl (C=O) groups is 2. The summed E-state index contributed by atoms with van der Waals surface area (Å²) in [5, 5.41) is 8.63. The fourth-order valence-electron chi connectivity index (χ4n) is 1.35. The Morgan fingerprint density at radius 2 is 1.72 bits per heavy atom. The first-order chi connectivity index (χ1) is 8.35. The van der Waals surface area contributed by atoms with Gasteiger partial charge in [-0.1, -0.05) is 13.3 Å². The molecule has 0 aliphatic carbocycles. The number of hydrogen-bond donors (Lipinski definition) is 3. The van der Waals surface area contributed by atoms with Crippen LogP contribution < -0.4 is 16.0 Å². The van der Waals surface area contributed by atoms with Gasteiger partial charge in [0.05, 0.1) is 6.54 Å². The second kappa shape index (κ2) is 8.91. The Kier molecular flexibility index (Phi) is 8.37. The molecule has 0 heterocycles. The number of nitrogens with one attached hydrogen (secondary N) is 3. The van der Waals surface area contributed by atoms with Gasteiger partial charge in [0.15, 0.2) is 0 Å². The Labute approximate surface area is 110 Å². The van der Waals surface area contributed by atoms with Gasteiger partial charge in [-0.15, -0.1) is 0 Å². The van der Waals surface area contributed by atoms with Crippen LogP contribution in [0.3, 0.4) is 0 Å². The van der Waals surface area contributed by atoms with E-state index in [1.807, 2.05) is 20.8 Å². The molecule has 0 radical (unpaired) electrons. The topological polar surface area (TPSA) is 70.2 Å². The predicted molar refractivity (Wildman–Crippen MR) is 73.3 cm³/mol. The molecule has 0 aromatic rings. The van der Waals surface area contributed by atoms with Crippen molar-refractivity contribution < 1.29 is 9.59 Å². The molecule has 0 saturated carbocycles. The molecule has 0 aromatic heterocycles. The van der Waals surface area contributed by atoms with E-state index < -0.39 is 0 Å². The van der Waals surface area contributed by atoms with Crippen LogP contribution in [-0.4, -0.2) is 37.0 Å². The fourth-order valence-corrected chi connectivity index (χ4v) is 1.35. The summed E-state index contributed by atoms with van der Waals surface area (Å²) in [7, 11) is 0. The molecule has 0 aliphatic heterocycles. The van der Waals surface area contributed by atoms with Gasteiger partial charge in [-0.25, -0.2) is 0 Å². The van der Waals surface area contributed by atoms with Crippen molar-refractivity contribution >= 4 is 11.8 Å². The highest BCUT2D eigenvalue weighted by Crippen LogP contribution is 1.98. The molecule has 18 heavy (non-hydrogen) atoms. The van der Waals surface area contributed by atoms with Crippen molar-refractivity contribution in [3.05, 3.63) is 0 Å². The van der Waals surface area contributed by atoms with Crippen LogP contribution in [0.5, 0.6) is 0 Å². The molecule has 0 unspecified atom stereocenters. The molecule has 0 fully saturated rings. The summed E-state index contributed by atoms with van der Waals surface area (Å²) in [6, 6.07) is 0. The Morgan fingerprint density at radius 3 is 2.28 bits per heavy atom. The summed E-state index contributed by atoms with van der Waals surface area (Å²) in [5.74, 6) is -0.0129. The van der Waals surface area contributed by atoms with E-state index in [0.29, 0.717) is 13.0 Å². The van der Waals surface area contributed by atoms with E-state index >= 15 is 0 Å². The maximum atomic E-state index is 11.5. The largest absolute Gasteiger partial charge is 0.355 e. The summed E-state index contributed by atoms with van der Waals surface area (Å²) in [4.78, 5) is 22.8. The van der Waals surface area contributed by atoms with Crippen molar-refractivity contribution in [1.82, 2.24) is 16.0 Å². The van der Waals surface area contributed by atoms with Crippen molar-refractivity contribution in [3.63, 3.8) is 0 Å². The minimum absolute atomic E-state index is 0.00129. The standard InChI is InChI=1S/C13H27N3O2/c1-5-6-8-15-12(18)10-14-9-7-11(17)16-13(2,3)4/h14H,5-10H2,1-4H3,(H,15,18)(H,16,17). The molecular weight excluding hydrogens is 230 g/mol. The Hall–Kier alpha value is -1.10. The number of unbranched alkanes of at least 4 members (excludes halogenated alkanes) is 1. The van der Waals surface area contributed by atoms with Gasteiger partial charge in [-0.05, 0) is 27.2 Å². The number of rotatable bonds is 8. The lowest BCUT2D eigenvalue weighted by Gasteiger charge is -2.20. The van der Waals surface area contributed by atoms with Gasteiger partial charge in [0.25, 0.3) is 0 Å². The highest BCUT2D eigenvalue weighted by atomic mass is 16.2. The monoisotopic (exact) mass is 257 g/mol. The highest BCUT2D eigenvalue weighted by molar-refractivity contribution is 5.78. The molecule has 106 valence electrons. The molecular formula is C13H27N3O2. The Balaban J connectivity index is 3.50. The molecule has 0 bridgehead atoms. The number of hydrogen-bond acceptors (Lipinski definition) is 3. The van der Waals surface area contributed by atoms with Gasteiger partial charge in [-0.3, -0.25) is 9.59 Å². The normalized spacial score (nSPS) is 11.1. The van der Waals surface area contributed by atoms with Crippen LogP contribution in [0.2, 0.25) is 0 Å². The summed E-state index contributed by atoms with van der Waals surface area (Å²) in [6.45, 7) is 9.42. The zero-order chi connectivity index (χ0) is 14.0. The van der Waals surface area contributed by atoms with Crippen molar-refractivity contribution in [1.29, 1.82) is 0 Å². The summed E-state index contributed by atoms with van der Waals surface area (Å²) in [6.07, 6.45) is 2.46. The third-order valence-electron chi connectivity index (χ3n) is 2.18. The Morgan fingerprint density at radius 1 is 1.06 bits per heavy atom. The van der Waals surface area contributed by atoms with Crippen molar-refractivity contribution in [2.75, 3.05) is 19.6 Å². The Bertz CT molecular complexity index is 259. The van der Waals surface area contributed by atoms with Crippen LogP contribution in [0.4, 0.5) is 0 Å². The molecule has 0 atom stereocenters. The maximum Gasteiger partial charge on any atom is 0.233 e. The van der Waals surface area contributed by atoms with Gasteiger partial charge in [0.2, 0.25) is 11.8 Å². The van der Waals surface area contributed by atoms with Crippen molar-refractivity contribution in [2.45, 2.75) is 52.5 Å². The smallest absolute Gasteiger partial charge is 0.233 e. The van der Waals surface area contributed by atoms with Crippen LogP contribution in [0.1, 0.15) is 47.0 Å². The molecule has 3 N–H and O–H groups in total. The zero-order valence-electron chi connectivity index (χ0n) is 12.1. The minimum atomic E-state index is -0.200. The van der Waals surface area contributed by atoms with Crippen LogP contribution in [-0.2, 0) is 9.59 Å². The number of amides is 2. The molecule has 0 spiro atoms. The van der Waals surface area contributed by atoms with Crippen LogP contribution in [0.15, 0.2) is 0 Å². The van der Waals surface area contributed by atoms with E-state index in [1.54, 1.807) is 0 Å². The second-order valence-corrected chi connectivity index (χ2v) is 5.43. The highest BCUT2D eigenvalue weighted by Gasteiger charge is 2.12. The lowest BCUT2D eigenvalue weighted by Crippen LogP contribution is -2.42. The summed E-state index contributed by atoms with van der Waals surface area (Å²) >= 11 is 0. The molecule has 5 nitrogen and oxygen atoms in total. The third-order valence-corrected chi connectivity index (χ3v) is 2.18. The first-order valence-corrected chi connectivity index (χ1v) is 6.63. The molecule has 0 aromatic carbocycles. The first-order valence-electron chi connectivity index (χ1n) is 6.63. The van der Waals surface area contributed by atoms with E-state index in [4.69, 9.17) is 0 Å². The zero-order valence-corrected chi connectivity index (χ0v) is 12.1. The second-order valence-electron chi connectivity index (χ2n) is 5.43. The van der Waals surface area contributed by atoms with E-state index in [9.17, 15) is 9.59 Å². The van der Waals surface area contributed by atoms with Crippen LogP contribution in [0, 0.1) is 0 Å². The summed E-state index contributed by atoms with van der Waals surface area (Å²) in [5.41, 5.74) is -0.200. The lowest BCUT2D eigenvalue weighted by atomic mass is 10.1. The maximum absolute atomic E-state index is 11.5. The van der Waals surface area contributed by atoms with Crippen LogP contribution >= 0.6 is 0 Å². The molecule has 0 saturated heterocycles. The molecule has 2 amide bonds. The van der Waals surface area contributed by atoms with E-state index in [0.717, 1.165) is 19.4 Å². The molecule has 0 rings (SSSR count). The van der Waals surface area contributed by atoms with Gasteiger partial charge in [0, 0.05) is 25.0 Å². The van der Waals surface area contributed by atoms with E-state index in [2.05, 4.69) is 22.9 Å². The van der Waals surface area contributed by atoms with Gasteiger partial charge >= 0.3 is 0 Å². The van der Waals surface area contributed by atoms with Gasteiger partial charge < -0.3 is 16.0 Å². The summed E-state index contributed by atoms with van der Waals surface area (Å²) < 4.78 is 0. The van der Waals surface area contributed by atoms with E-state index in [1.165, 1.54) is 0 Å². The lowest BCUT2D eigenvalue weighted by molar-refractivity contribution is -0.123. The van der Waals surface area contributed by atoms with Crippen LogP contribution in [0.25, 0.3) is 0 Å². The number of carbonyl (C=O) groups excluding carboxylic acids is 2. The first kappa shape index (κ1) is 16.9. The van der Waals surface area contributed by atoms with Gasteiger partial charge in [-0.2, -0.15) is 0 Å². The SMILES string of the molecule is CCCCNC(=O)CNCCC(=O)NC(C)(C)C.